The summed E-state index contributed by atoms with van der Waals surface area (Å²) in [5.41, 5.74) is 0. The smallest absolute Gasteiger partial charge is 0.220 e. The lowest BCUT2D eigenvalue weighted by atomic mass is 9.97. The highest BCUT2D eigenvalue weighted by Crippen LogP contribution is 2.30. The van der Waals surface area contributed by atoms with Gasteiger partial charge in [-0.2, -0.15) is 0 Å². The lowest BCUT2D eigenvalue weighted by molar-refractivity contribution is -0.359. The summed E-state index contributed by atoms with van der Waals surface area (Å²) in [5, 5.41) is 86.5. The number of amides is 1. The maximum Gasteiger partial charge on any atom is 0.220 e. The summed E-state index contributed by atoms with van der Waals surface area (Å²) in [6.45, 7) is 2.77. The van der Waals surface area contributed by atoms with E-state index in [4.69, 9.17) is 18.9 Å². The highest BCUT2D eigenvalue weighted by molar-refractivity contribution is 5.76. The van der Waals surface area contributed by atoms with Gasteiger partial charge in [-0.15, -0.1) is 0 Å². The van der Waals surface area contributed by atoms with Crippen molar-refractivity contribution in [2.45, 2.75) is 235 Å². The Balaban J connectivity index is 1.90. The molecule has 2 aliphatic heterocycles. The molecule has 336 valence electrons. The molecule has 2 saturated heterocycles. The van der Waals surface area contributed by atoms with Crippen LogP contribution >= 0.6 is 0 Å². The van der Waals surface area contributed by atoms with E-state index < -0.39 is 86.8 Å². The van der Waals surface area contributed by atoms with Crippen LogP contribution in [-0.2, 0) is 23.7 Å². The molecule has 0 aromatic heterocycles. The Hall–Kier alpha value is -1.27. The third kappa shape index (κ3) is 20.2. The van der Waals surface area contributed by atoms with E-state index in [2.05, 4.69) is 31.3 Å². The van der Waals surface area contributed by atoms with Crippen molar-refractivity contribution in [1.82, 2.24) is 5.32 Å². The SMILES string of the molecule is CCCC/C=C\CCCCCCCC(=O)NC(COC1OC(CO)C(OC2OC(CO)C(O)C(O)C2O)C(O)C1O)C(O)CCCCCCCCCCCCCC. The van der Waals surface area contributed by atoms with Crippen LogP contribution in [0.15, 0.2) is 12.2 Å². The second-order valence-electron chi connectivity index (χ2n) is 16.2. The average Bonchev–Trinajstić information content (AvgIpc) is 3.21. The molecule has 12 unspecified atom stereocenters. The molecule has 2 rings (SSSR count). The summed E-state index contributed by atoms with van der Waals surface area (Å²) in [6.07, 6.45) is 12.3. The van der Waals surface area contributed by atoms with Gasteiger partial charge in [0, 0.05) is 6.42 Å². The first-order chi connectivity index (χ1) is 27.6. The van der Waals surface area contributed by atoms with Crippen molar-refractivity contribution in [3.63, 3.8) is 0 Å². The van der Waals surface area contributed by atoms with Crippen LogP contribution in [0, 0.1) is 0 Å². The number of hydrogen-bond acceptors (Lipinski definition) is 13. The third-order valence-corrected chi connectivity index (χ3v) is 11.2. The summed E-state index contributed by atoms with van der Waals surface area (Å²) in [4.78, 5) is 13.1. The number of allylic oxidation sites excluding steroid dienone is 2. The lowest BCUT2D eigenvalue weighted by Crippen LogP contribution is -2.65. The number of unbranched alkanes of at least 4 members (excludes halogenated alkanes) is 18. The molecular formula is C43H81NO13. The molecule has 9 N–H and O–H groups in total. The first-order valence-corrected chi connectivity index (χ1v) is 22.4. The molecule has 0 spiro atoms. The monoisotopic (exact) mass is 820 g/mol. The zero-order chi connectivity index (χ0) is 41.8. The van der Waals surface area contributed by atoms with Crippen LogP contribution in [0.5, 0.6) is 0 Å². The van der Waals surface area contributed by atoms with Gasteiger partial charge in [0.25, 0.3) is 0 Å². The number of ether oxygens (including phenoxy) is 4. The standard InChI is InChI=1S/C43H81NO13/c1-3-5-7-9-11-13-15-17-18-20-22-24-26-32(47)31(44-35(48)27-25-23-21-19-16-14-12-10-8-6-4-2)30-54-42-40(53)38(51)41(34(29-46)56-42)57-43-39(52)37(50)36(49)33(28-45)55-43/h10,12,31-34,36-43,45-47,49-53H,3-9,11,13-30H2,1-2H3,(H,44,48)/b12-10-. The summed E-state index contributed by atoms with van der Waals surface area (Å²) in [5.74, 6) is -0.220. The maximum atomic E-state index is 13.1. The fourth-order valence-electron chi connectivity index (χ4n) is 7.45. The highest BCUT2D eigenvalue weighted by atomic mass is 16.7. The Morgan fingerprint density at radius 3 is 1.72 bits per heavy atom. The van der Waals surface area contributed by atoms with Crippen molar-refractivity contribution in [2.75, 3.05) is 19.8 Å². The number of nitrogens with one attached hydrogen (secondary N) is 1. The van der Waals surface area contributed by atoms with Crippen LogP contribution in [0.2, 0.25) is 0 Å². The predicted octanol–water partition coefficient (Wildman–Crippen LogP) is 4.04. The van der Waals surface area contributed by atoms with Crippen LogP contribution in [-0.4, -0.2) is 140 Å². The minimum Gasteiger partial charge on any atom is -0.394 e. The van der Waals surface area contributed by atoms with Gasteiger partial charge in [0.1, 0.15) is 48.8 Å². The maximum absolute atomic E-state index is 13.1. The molecule has 0 radical (unpaired) electrons. The van der Waals surface area contributed by atoms with Crippen molar-refractivity contribution < 1.29 is 64.6 Å². The Labute approximate surface area is 342 Å². The zero-order valence-electron chi connectivity index (χ0n) is 35.1. The molecule has 14 nitrogen and oxygen atoms in total. The minimum absolute atomic E-state index is 0.220. The second kappa shape index (κ2) is 31.6. The molecule has 0 saturated carbocycles. The molecule has 0 aromatic rings. The fraction of sp³-hybridized carbons (Fsp3) is 0.930. The lowest BCUT2D eigenvalue weighted by Gasteiger charge is -2.46. The van der Waals surface area contributed by atoms with Crippen molar-refractivity contribution in [3.05, 3.63) is 12.2 Å². The van der Waals surface area contributed by atoms with Crippen molar-refractivity contribution in [2.24, 2.45) is 0 Å². The summed E-state index contributed by atoms with van der Waals surface area (Å²) in [7, 11) is 0. The van der Waals surface area contributed by atoms with Gasteiger partial charge >= 0.3 is 0 Å². The van der Waals surface area contributed by atoms with E-state index in [0.29, 0.717) is 19.3 Å². The Morgan fingerprint density at radius 2 is 1.12 bits per heavy atom. The van der Waals surface area contributed by atoms with Gasteiger partial charge in [-0.05, 0) is 32.1 Å². The average molecular weight is 820 g/mol. The molecule has 2 fully saturated rings. The minimum atomic E-state index is -1.78. The summed E-state index contributed by atoms with van der Waals surface area (Å²) < 4.78 is 22.6. The highest BCUT2D eigenvalue weighted by Gasteiger charge is 2.51. The molecule has 0 aliphatic carbocycles. The van der Waals surface area contributed by atoms with E-state index in [9.17, 15) is 45.6 Å². The van der Waals surface area contributed by atoms with Crippen LogP contribution in [0.4, 0.5) is 0 Å². The normalized spacial score (nSPS) is 29.2. The van der Waals surface area contributed by atoms with E-state index in [0.717, 1.165) is 64.2 Å². The summed E-state index contributed by atoms with van der Waals surface area (Å²) >= 11 is 0. The van der Waals surface area contributed by atoms with E-state index >= 15 is 0 Å². The first-order valence-electron chi connectivity index (χ1n) is 22.4. The number of aliphatic hydroxyl groups excluding tert-OH is 8. The quantitative estimate of drug-likeness (QED) is 0.0337. The van der Waals surface area contributed by atoms with Gasteiger partial charge in [0.05, 0.1) is 32.0 Å². The van der Waals surface area contributed by atoms with Gasteiger partial charge in [-0.25, -0.2) is 0 Å². The predicted molar refractivity (Wildman–Crippen MR) is 217 cm³/mol. The van der Waals surface area contributed by atoms with Crippen LogP contribution < -0.4 is 5.32 Å². The van der Waals surface area contributed by atoms with Gasteiger partial charge in [0.2, 0.25) is 5.91 Å². The molecule has 14 heteroatoms. The van der Waals surface area contributed by atoms with E-state index in [1.165, 1.54) is 64.2 Å². The van der Waals surface area contributed by atoms with Crippen molar-refractivity contribution in [1.29, 1.82) is 0 Å². The second-order valence-corrected chi connectivity index (χ2v) is 16.2. The van der Waals surface area contributed by atoms with Gasteiger partial charge in [0.15, 0.2) is 12.6 Å². The van der Waals surface area contributed by atoms with Crippen molar-refractivity contribution in [3.8, 4) is 0 Å². The molecule has 0 aromatic carbocycles. The Morgan fingerprint density at radius 1 is 0.614 bits per heavy atom. The first kappa shape index (κ1) is 51.9. The van der Waals surface area contributed by atoms with Crippen LogP contribution in [0.1, 0.15) is 162 Å². The van der Waals surface area contributed by atoms with E-state index in [1.54, 1.807) is 0 Å². The number of aliphatic hydroxyl groups is 8. The van der Waals surface area contributed by atoms with Crippen LogP contribution in [0.3, 0.4) is 0 Å². The van der Waals surface area contributed by atoms with Gasteiger partial charge in [-0.1, -0.05) is 135 Å². The zero-order valence-corrected chi connectivity index (χ0v) is 35.1. The molecular weight excluding hydrogens is 738 g/mol. The molecule has 2 heterocycles. The van der Waals surface area contributed by atoms with Gasteiger partial charge in [-0.3, -0.25) is 4.79 Å². The van der Waals surface area contributed by atoms with E-state index in [-0.39, 0.29) is 12.5 Å². The Bertz CT molecular complexity index is 1020. The fourth-order valence-corrected chi connectivity index (χ4v) is 7.45. The third-order valence-electron chi connectivity index (χ3n) is 11.2. The molecule has 57 heavy (non-hydrogen) atoms. The molecule has 0 bridgehead atoms. The number of carbonyl (C=O) groups is 1. The van der Waals surface area contributed by atoms with E-state index in [1.807, 2.05) is 0 Å². The number of carbonyl (C=O) groups excluding carboxylic acids is 1. The molecule has 12 atom stereocenters. The van der Waals surface area contributed by atoms with Crippen LogP contribution in [0.25, 0.3) is 0 Å². The topological polar surface area (TPSA) is 228 Å². The number of rotatable bonds is 33. The Kier molecular flexibility index (Phi) is 28.7. The summed E-state index contributed by atoms with van der Waals surface area (Å²) in [6, 6.07) is -0.826. The molecule has 2 aliphatic rings. The largest absolute Gasteiger partial charge is 0.394 e. The molecule has 1 amide bonds. The number of hydrogen-bond donors (Lipinski definition) is 9. The van der Waals surface area contributed by atoms with Gasteiger partial charge < -0.3 is 65.1 Å². The van der Waals surface area contributed by atoms with Crippen molar-refractivity contribution >= 4 is 5.91 Å².